The zero-order valence-electron chi connectivity index (χ0n) is 10.1. The Bertz CT molecular complexity index is 426. The second-order valence-electron chi connectivity index (χ2n) is 4.46. The summed E-state index contributed by atoms with van der Waals surface area (Å²) in [6.45, 7) is 2.69. The van der Waals surface area contributed by atoms with E-state index in [9.17, 15) is 18.0 Å². The van der Waals surface area contributed by atoms with E-state index in [1.165, 1.54) is 18.7 Å². The standard InChI is InChI=1S/C10H17NO5S/c1-6(10(13)14)11(8-4-5-8)9(12)7(2)17(3,15)16/h6-8H,4-5H2,1-3H3,(H,13,14). The molecule has 0 aromatic rings. The number of nitrogens with zero attached hydrogens (tertiary/aromatic N) is 1. The Balaban J connectivity index is 2.92. The zero-order chi connectivity index (χ0) is 13.4. The first kappa shape index (κ1) is 14.0. The van der Waals surface area contributed by atoms with E-state index in [-0.39, 0.29) is 6.04 Å². The third-order valence-corrected chi connectivity index (χ3v) is 4.45. The molecule has 1 saturated carbocycles. The van der Waals surface area contributed by atoms with E-state index in [1.807, 2.05) is 0 Å². The Morgan fingerprint density at radius 1 is 1.29 bits per heavy atom. The minimum Gasteiger partial charge on any atom is -0.480 e. The Labute approximate surface area is 101 Å². The van der Waals surface area contributed by atoms with Crippen LogP contribution in [0.25, 0.3) is 0 Å². The highest BCUT2D eigenvalue weighted by molar-refractivity contribution is 7.92. The van der Waals surface area contributed by atoms with Gasteiger partial charge in [-0.3, -0.25) is 4.79 Å². The lowest BCUT2D eigenvalue weighted by atomic mass is 10.2. The molecule has 6 nitrogen and oxygen atoms in total. The normalized spacial score (nSPS) is 19.5. The number of carboxylic acid groups (broad SMARTS) is 1. The van der Waals surface area contributed by atoms with E-state index in [0.29, 0.717) is 0 Å². The summed E-state index contributed by atoms with van der Waals surface area (Å²) < 4.78 is 22.6. The maximum atomic E-state index is 12.0. The largest absolute Gasteiger partial charge is 0.480 e. The molecule has 0 aromatic heterocycles. The first-order valence-electron chi connectivity index (χ1n) is 5.40. The molecule has 1 rings (SSSR count). The smallest absolute Gasteiger partial charge is 0.326 e. The van der Waals surface area contributed by atoms with Gasteiger partial charge in [0.2, 0.25) is 5.91 Å². The van der Waals surface area contributed by atoms with Gasteiger partial charge in [0.25, 0.3) is 0 Å². The highest BCUT2D eigenvalue weighted by Crippen LogP contribution is 2.30. The number of aliphatic carboxylic acids is 1. The van der Waals surface area contributed by atoms with Crippen molar-refractivity contribution in [2.24, 2.45) is 0 Å². The molecule has 1 amide bonds. The topological polar surface area (TPSA) is 91.8 Å². The van der Waals surface area contributed by atoms with E-state index >= 15 is 0 Å². The summed E-state index contributed by atoms with van der Waals surface area (Å²) in [5.74, 6) is -1.74. The number of sulfone groups is 1. The number of hydrogen-bond donors (Lipinski definition) is 1. The monoisotopic (exact) mass is 263 g/mol. The molecular formula is C10H17NO5S. The van der Waals surface area contributed by atoms with Crippen molar-refractivity contribution in [3.05, 3.63) is 0 Å². The number of rotatable bonds is 5. The second-order valence-corrected chi connectivity index (χ2v) is 6.83. The fourth-order valence-corrected chi connectivity index (χ4v) is 2.04. The van der Waals surface area contributed by atoms with Crippen molar-refractivity contribution in [3.63, 3.8) is 0 Å². The van der Waals surface area contributed by atoms with E-state index < -0.39 is 33.0 Å². The molecule has 0 heterocycles. The number of amides is 1. The van der Waals surface area contributed by atoms with Gasteiger partial charge in [-0.1, -0.05) is 0 Å². The van der Waals surface area contributed by atoms with Crippen molar-refractivity contribution in [1.29, 1.82) is 0 Å². The molecule has 98 valence electrons. The van der Waals surface area contributed by atoms with Crippen LogP contribution in [-0.4, -0.2) is 53.9 Å². The molecule has 2 atom stereocenters. The summed E-state index contributed by atoms with van der Waals surface area (Å²) in [6, 6.07) is -1.11. The number of carbonyl (C=O) groups is 2. The van der Waals surface area contributed by atoms with Gasteiger partial charge in [-0.05, 0) is 26.7 Å². The van der Waals surface area contributed by atoms with Gasteiger partial charge < -0.3 is 10.0 Å². The summed E-state index contributed by atoms with van der Waals surface area (Å²) in [4.78, 5) is 24.1. The van der Waals surface area contributed by atoms with Crippen LogP contribution in [0, 0.1) is 0 Å². The van der Waals surface area contributed by atoms with Gasteiger partial charge in [-0.25, -0.2) is 13.2 Å². The lowest BCUT2D eigenvalue weighted by Crippen LogP contribution is -2.50. The van der Waals surface area contributed by atoms with Gasteiger partial charge in [0, 0.05) is 12.3 Å². The number of hydrogen-bond acceptors (Lipinski definition) is 4. The molecule has 0 radical (unpaired) electrons. The highest BCUT2D eigenvalue weighted by atomic mass is 32.2. The molecule has 0 aromatic carbocycles. The molecule has 7 heteroatoms. The van der Waals surface area contributed by atoms with Crippen LogP contribution in [0.15, 0.2) is 0 Å². The predicted molar refractivity (Wildman–Crippen MR) is 61.3 cm³/mol. The summed E-state index contributed by atoms with van der Waals surface area (Å²) in [6.07, 6.45) is 2.45. The van der Waals surface area contributed by atoms with Crippen molar-refractivity contribution in [2.75, 3.05) is 6.26 Å². The van der Waals surface area contributed by atoms with Crippen LogP contribution >= 0.6 is 0 Å². The van der Waals surface area contributed by atoms with Crippen LogP contribution < -0.4 is 0 Å². The Hall–Kier alpha value is -1.11. The Morgan fingerprint density at radius 2 is 1.76 bits per heavy atom. The van der Waals surface area contributed by atoms with Crippen molar-refractivity contribution >= 4 is 21.7 Å². The van der Waals surface area contributed by atoms with Crippen LogP contribution in [0.5, 0.6) is 0 Å². The fraction of sp³-hybridized carbons (Fsp3) is 0.800. The molecule has 0 saturated heterocycles. The van der Waals surface area contributed by atoms with Crippen molar-refractivity contribution in [1.82, 2.24) is 4.90 Å². The Kier molecular flexibility index (Phi) is 3.81. The highest BCUT2D eigenvalue weighted by Gasteiger charge is 2.41. The summed E-state index contributed by atoms with van der Waals surface area (Å²) in [7, 11) is -3.50. The molecule has 0 bridgehead atoms. The molecule has 1 fully saturated rings. The molecule has 0 aliphatic heterocycles. The van der Waals surface area contributed by atoms with Gasteiger partial charge in [0.05, 0.1) is 0 Å². The average molecular weight is 263 g/mol. The zero-order valence-corrected chi connectivity index (χ0v) is 10.9. The van der Waals surface area contributed by atoms with E-state index in [2.05, 4.69) is 0 Å². The van der Waals surface area contributed by atoms with Crippen LogP contribution in [0.4, 0.5) is 0 Å². The Morgan fingerprint density at radius 3 is 2.06 bits per heavy atom. The number of carboxylic acids is 1. The minimum atomic E-state index is -3.50. The van der Waals surface area contributed by atoms with Crippen LogP contribution in [-0.2, 0) is 19.4 Å². The summed E-state index contributed by atoms with van der Waals surface area (Å²) in [5.41, 5.74) is 0. The van der Waals surface area contributed by atoms with Crippen molar-refractivity contribution in [3.8, 4) is 0 Å². The lowest BCUT2D eigenvalue weighted by Gasteiger charge is -2.28. The molecule has 0 spiro atoms. The minimum absolute atomic E-state index is 0.127. The van der Waals surface area contributed by atoms with Gasteiger partial charge in [0.1, 0.15) is 11.3 Å². The van der Waals surface area contributed by atoms with Gasteiger partial charge in [-0.2, -0.15) is 0 Å². The van der Waals surface area contributed by atoms with Crippen molar-refractivity contribution in [2.45, 2.75) is 44.0 Å². The second kappa shape index (κ2) is 4.64. The molecule has 2 unspecified atom stereocenters. The third-order valence-electron chi connectivity index (χ3n) is 2.96. The predicted octanol–water partition coefficient (Wildman–Crippen LogP) is -0.116. The van der Waals surface area contributed by atoms with Crippen LogP contribution in [0.1, 0.15) is 26.7 Å². The maximum absolute atomic E-state index is 12.0. The maximum Gasteiger partial charge on any atom is 0.326 e. The quantitative estimate of drug-likeness (QED) is 0.746. The van der Waals surface area contributed by atoms with E-state index in [0.717, 1.165) is 19.1 Å². The lowest BCUT2D eigenvalue weighted by molar-refractivity contribution is -0.149. The average Bonchev–Trinajstić information content (AvgIpc) is 2.99. The van der Waals surface area contributed by atoms with Crippen LogP contribution in [0.2, 0.25) is 0 Å². The molecule has 1 aliphatic carbocycles. The molecular weight excluding hydrogens is 246 g/mol. The first-order chi connectivity index (χ1) is 7.66. The first-order valence-corrected chi connectivity index (χ1v) is 7.35. The van der Waals surface area contributed by atoms with Gasteiger partial charge >= 0.3 is 5.97 Å². The van der Waals surface area contributed by atoms with Crippen LogP contribution in [0.3, 0.4) is 0 Å². The molecule has 17 heavy (non-hydrogen) atoms. The third kappa shape index (κ3) is 3.18. The van der Waals surface area contributed by atoms with Crippen molar-refractivity contribution < 1.29 is 23.1 Å². The molecule has 1 N–H and O–H groups in total. The van der Waals surface area contributed by atoms with Gasteiger partial charge in [0.15, 0.2) is 9.84 Å². The van der Waals surface area contributed by atoms with Gasteiger partial charge in [-0.15, -0.1) is 0 Å². The SMILES string of the molecule is CC(C(=O)O)N(C(=O)C(C)S(C)(=O)=O)C1CC1. The summed E-state index contributed by atoms with van der Waals surface area (Å²) in [5, 5.41) is 7.73. The summed E-state index contributed by atoms with van der Waals surface area (Å²) >= 11 is 0. The van der Waals surface area contributed by atoms with E-state index in [4.69, 9.17) is 5.11 Å². The fourth-order valence-electron chi connectivity index (χ4n) is 1.55. The molecule has 1 aliphatic rings. The van der Waals surface area contributed by atoms with E-state index in [1.54, 1.807) is 0 Å². The number of carbonyl (C=O) groups excluding carboxylic acids is 1.